The van der Waals surface area contributed by atoms with E-state index in [4.69, 9.17) is 4.74 Å². The number of aliphatic imine (C=N–C) groups is 1. The lowest BCUT2D eigenvalue weighted by molar-refractivity contribution is -0.274. The predicted molar refractivity (Wildman–Crippen MR) is 131 cm³/mol. The molecule has 9 heteroatoms. The first-order chi connectivity index (χ1) is 16.6. The lowest BCUT2D eigenvalue weighted by atomic mass is 9.99. The van der Waals surface area contributed by atoms with Crippen molar-refractivity contribution in [3.8, 4) is 16.9 Å². The summed E-state index contributed by atoms with van der Waals surface area (Å²) < 4.78 is 46.7. The highest BCUT2D eigenvalue weighted by Gasteiger charge is 2.31. The number of aryl methyl sites for hydroxylation is 1. The number of hydrogen-bond donors (Lipinski definition) is 1. The minimum atomic E-state index is -4.75. The maximum Gasteiger partial charge on any atom is 0.573 e. The molecule has 2 aromatic rings. The quantitative estimate of drug-likeness (QED) is 0.309. The molecule has 1 amide bonds. The fourth-order valence-electron chi connectivity index (χ4n) is 3.71. The Morgan fingerprint density at radius 2 is 2.03 bits per heavy atom. The van der Waals surface area contributed by atoms with Gasteiger partial charge in [-0.1, -0.05) is 30.4 Å². The average molecular weight is 488 g/mol. The van der Waals surface area contributed by atoms with E-state index in [1.165, 1.54) is 30.5 Å². The summed E-state index contributed by atoms with van der Waals surface area (Å²) in [6.45, 7) is 10.4. The van der Waals surface area contributed by atoms with Crippen molar-refractivity contribution in [2.45, 2.75) is 26.3 Å². The molecule has 0 bridgehead atoms. The Hall–Kier alpha value is -3.43. The number of ether oxygens (including phenoxy) is 2. The summed E-state index contributed by atoms with van der Waals surface area (Å²) in [5.74, 6) is -0.652. The molecule has 1 N–H and O–H groups in total. The van der Waals surface area contributed by atoms with Gasteiger partial charge >= 0.3 is 6.36 Å². The van der Waals surface area contributed by atoms with E-state index in [1.807, 2.05) is 26.0 Å². The van der Waals surface area contributed by atoms with Crippen molar-refractivity contribution in [2.75, 3.05) is 31.6 Å². The molecule has 0 spiro atoms. The van der Waals surface area contributed by atoms with Gasteiger partial charge in [-0.2, -0.15) is 0 Å². The van der Waals surface area contributed by atoms with Gasteiger partial charge in [0.15, 0.2) is 0 Å². The molecule has 2 aromatic carbocycles. The molecule has 0 unspecified atom stereocenters. The third-order valence-electron chi connectivity index (χ3n) is 5.37. The van der Waals surface area contributed by atoms with Gasteiger partial charge in [0.25, 0.3) is 5.91 Å². The van der Waals surface area contributed by atoms with E-state index < -0.39 is 6.36 Å². The smallest absolute Gasteiger partial charge is 0.406 e. The zero-order chi connectivity index (χ0) is 25.4. The Balaban J connectivity index is 1.70. The Kier molecular flexibility index (Phi) is 8.84. The van der Waals surface area contributed by atoms with Crippen LogP contribution in [0.1, 0.15) is 12.5 Å². The van der Waals surface area contributed by atoms with E-state index in [2.05, 4.69) is 26.7 Å². The number of morpholine rings is 1. The number of hydrogen-bond acceptors (Lipinski definition) is 5. The summed E-state index contributed by atoms with van der Waals surface area (Å²) in [5, 5.41) is 2.85. The third-order valence-corrected chi connectivity index (χ3v) is 5.37. The number of rotatable bonds is 8. The van der Waals surface area contributed by atoms with Crippen molar-refractivity contribution in [3.63, 3.8) is 0 Å². The molecule has 1 aliphatic rings. The van der Waals surface area contributed by atoms with Crippen LogP contribution in [-0.4, -0.2) is 56.2 Å². The van der Waals surface area contributed by atoms with E-state index >= 15 is 0 Å². The second-order valence-corrected chi connectivity index (χ2v) is 8.17. The van der Waals surface area contributed by atoms with Crippen LogP contribution in [0.15, 0.2) is 71.4 Å². The minimum absolute atomic E-state index is 0.175. The van der Waals surface area contributed by atoms with Crippen LogP contribution in [0.4, 0.5) is 18.9 Å². The second kappa shape index (κ2) is 11.8. The van der Waals surface area contributed by atoms with Crippen molar-refractivity contribution in [2.24, 2.45) is 4.99 Å². The highest BCUT2D eigenvalue weighted by atomic mass is 19.4. The number of nitrogens with one attached hydrogen (secondary N) is 1. The summed E-state index contributed by atoms with van der Waals surface area (Å²) in [7, 11) is 0. The molecule has 1 saturated heterocycles. The Morgan fingerprint density at radius 1 is 1.29 bits per heavy atom. The summed E-state index contributed by atoms with van der Waals surface area (Å²) >= 11 is 0. The monoisotopic (exact) mass is 487 g/mol. The number of nitrogens with zero attached hydrogens (tertiary/aromatic N) is 2. The zero-order valence-electron chi connectivity index (χ0n) is 19.6. The molecular formula is C26H28F3N3O3. The summed E-state index contributed by atoms with van der Waals surface area (Å²) in [6.07, 6.45) is 0.428. The van der Waals surface area contributed by atoms with Gasteiger partial charge in [-0.3, -0.25) is 14.7 Å². The normalized spacial score (nSPS) is 17.4. The van der Waals surface area contributed by atoms with Crippen LogP contribution >= 0.6 is 0 Å². The molecule has 186 valence electrons. The van der Waals surface area contributed by atoms with Crippen molar-refractivity contribution in [1.82, 2.24) is 4.90 Å². The van der Waals surface area contributed by atoms with Crippen LogP contribution in [0.25, 0.3) is 11.1 Å². The molecule has 0 aromatic heterocycles. The topological polar surface area (TPSA) is 63.2 Å². The number of amides is 1. The predicted octanol–water partition coefficient (Wildman–Crippen LogP) is 5.36. The van der Waals surface area contributed by atoms with E-state index in [-0.39, 0.29) is 17.8 Å². The van der Waals surface area contributed by atoms with Gasteiger partial charge in [0, 0.05) is 31.5 Å². The molecule has 0 aliphatic carbocycles. The largest absolute Gasteiger partial charge is 0.573 e. The number of alkyl halides is 3. The molecule has 1 fully saturated rings. The van der Waals surface area contributed by atoms with E-state index in [0.29, 0.717) is 30.0 Å². The highest BCUT2D eigenvalue weighted by Crippen LogP contribution is 2.30. The van der Waals surface area contributed by atoms with Crippen molar-refractivity contribution in [3.05, 3.63) is 72.0 Å². The SMILES string of the molecule is C=N/C=C(\C=C/CN1CCO[C@@H](C)C1)C(=O)Nc1ccc(C)c(-c2ccc(OC(F)(F)F)cc2)c1. The number of halogens is 3. The number of carbonyl (C=O) groups excluding carboxylic acids is 1. The van der Waals surface area contributed by atoms with Gasteiger partial charge in [-0.15, -0.1) is 13.2 Å². The van der Waals surface area contributed by atoms with Gasteiger partial charge in [0.05, 0.1) is 18.3 Å². The number of anilines is 1. The van der Waals surface area contributed by atoms with Crippen LogP contribution in [0.3, 0.4) is 0 Å². The summed E-state index contributed by atoms with van der Waals surface area (Å²) in [4.78, 5) is 18.8. The van der Waals surface area contributed by atoms with E-state index in [1.54, 1.807) is 18.2 Å². The van der Waals surface area contributed by atoms with Gasteiger partial charge in [-0.25, -0.2) is 0 Å². The lowest BCUT2D eigenvalue weighted by Gasteiger charge is -2.30. The molecule has 0 saturated carbocycles. The maximum atomic E-state index is 12.9. The van der Waals surface area contributed by atoms with Gasteiger partial charge < -0.3 is 14.8 Å². The van der Waals surface area contributed by atoms with Crippen LogP contribution in [0, 0.1) is 6.92 Å². The first kappa shape index (κ1) is 26.2. The molecule has 1 aliphatic heterocycles. The average Bonchev–Trinajstić information content (AvgIpc) is 2.79. The van der Waals surface area contributed by atoms with Crippen LogP contribution < -0.4 is 10.1 Å². The molecule has 6 nitrogen and oxygen atoms in total. The van der Waals surface area contributed by atoms with Crippen molar-refractivity contribution >= 4 is 18.3 Å². The minimum Gasteiger partial charge on any atom is -0.406 e. The van der Waals surface area contributed by atoms with Crippen LogP contribution in [0.5, 0.6) is 5.75 Å². The lowest BCUT2D eigenvalue weighted by Crippen LogP contribution is -2.41. The fourth-order valence-corrected chi connectivity index (χ4v) is 3.71. The first-order valence-electron chi connectivity index (χ1n) is 11.1. The molecule has 1 heterocycles. The summed E-state index contributed by atoms with van der Waals surface area (Å²) in [6, 6.07) is 10.9. The Morgan fingerprint density at radius 3 is 2.69 bits per heavy atom. The third kappa shape index (κ3) is 8.08. The molecule has 1 atom stereocenters. The highest BCUT2D eigenvalue weighted by molar-refractivity contribution is 6.06. The molecule has 3 rings (SSSR count). The van der Waals surface area contributed by atoms with Gasteiger partial charge in [0.1, 0.15) is 5.75 Å². The Labute approximate surface area is 202 Å². The van der Waals surface area contributed by atoms with Gasteiger partial charge in [-0.05, 0) is 61.5 Å². The van der Waals surface area contributed by atoms with Crippen molar-refractivity contribution < 1.29 is 27.4 Å². The van der Waals surface area contributed by atoms with E-state index in [9.17, 15) is 18.0 Å². The molecular weight excluding hydrogens is 459 g/mol. The zero-order valence-corrected chi connectivity index (χ0v) is 19.6. The van der Waals surface area contributed by atoms with Crippen LogP contribution in [-0.2, 0) is 9.53 Å². The second-order valence-electron chi connectivity index (χ2n) is 8.17. The Bertz CT molecular complexity index is 1100. The maximum absolute atomic E-state index is 12.9. The number of carbonyl (C=O) groups is 1. The molecule has 0 radical (unpaired) electrons. The summed E-state index contributed by atoms with van der Waals surface area (Å²) in [5.41, 5.74) is 3.24. The number of benzene rings is 2. The van der Waals surface area contributed by atoms with Crippen molar-refractivity contribution in [1.29, 1.82) is 0 Å². The first-order valence-corrected chi connectivity index (χ1v) is 11.1. The molecule has 35 heavy (non-hydrogen) atoms. The van der Waals surface area contributed by atoms with E-state index in [0.717, 1.165) is 24.2 Å². The fraction of sp³-hybridized carbons (Fsp3) is 0.308. The standard InChI is InChI=1S/C26H28F3N3O3/c1-18-6-9-22(15-24(18)20-7-10-23(11-8-20)35-26(27,28)29)31-25(33)21(16-30-3)5-4-12-32-13-14-34-19(2)17-32/h4-11,15-16,19H,3,12-14,17H2,1-2H3,(H,31,33)/b5-4-,21-16+/t19-/m0/s1. The van der Waals surface area contributed by atoms with Crippen LogP contribution in [0.2, 0.25) is 0 Å². The van der Waals surface area contributed by atoms with Gasteiger partial charge in [0.2, 0.25) is 0 Å².